The summed E-state index contributed by atoms with van der Waals surface area (Å²) in [6.07, 6.45) is 4.33. The van der Waals surface area contributed by atoms with Crippen LogP contribution in [0, 0.1) is 0 Å². The van der Waals surface area contributed by atoms with Crippen molar-refractivity contribution >= 4 is 5.57 Å². The highest BCUT2D eigenvalue weighted by Gasteiger charge is 2.18. The Hall–Kier alpha value is -1.28. The van der Waals surface area contributed by atoms with Gasteiger partial charge in [-0.1, -0.05) is 18.2 Å². The van der Waals surface area contributed by atoms with Gasteiger partial charge < -0.3 is 10.0 Å². The molecule has 0 atom stereocenters. The van der Waals surface area contributed by atoms with E-state index in [2.05, 4.69) is 31.1 Å². The molecular formula is C13H17NO. The lowest BCUT2D eigenvalue weighted by Gasteiger charge is -2.08. The predicted molar refractivity (Wildman–Crippen MR) is 63.0 cm³/mol. The topological polar surface area (TPSA) is 23.5 Å². The van der Waals surface area contributed by atoms with Crippen LogP contribution in [0.15, 0.2) is 24.3 Å². The summed E-state index contributed by atoms with van der Waals surface area (Å²) in [6.45, 7) is 0.934. The fourth-order valence-electron chi connectivity index (χ4n) is 2.06. The lowest BCUT2D eigenvalue weighted by atomic mass is 10.1. The van der Waals surface area contributed by atoms with E-state index in [1.807, 2.05) is 6.07 Å². The van der Waals surface area contributed by atoms with Gasteiger partial charge in [0.25, 0.3) is 0 Å². The number of fused-ring (bicyclic) bond motifs is 1. The summed E-state index contributed by atoms with van der Waals surface area (Å²) in [6, 6.07) is 5.79. The second kappa shape index (κ2) is 4.07. The molecule has 0 aliphatic heterocycles. The van der Waals surface area contributed by atoms with Crippen molar-refractivity contribution in [2.24, 2.45) is 0 Å². The minimum Gasteiger partial charge on any atom is -0.507 e. The van der Waals surface area contributed by atoms with Gasteiger partial charge in [0.1, 0.15) is 5.75 Å². The molecule has 0 aromatic heterocycles. The Labute approximate surface area is 90.8 Å². The largest absolute Gasteiger partial charge is 0.507 e. The van der Waals surface area contributed by atoms with E-state index < -0.39 is 0 Å². The monoisotopic (exact) mass is 203 g/mol. The Morgan fingerprint density at radius 3 is 2.87 bits per heavy atom. The van der Waals surface area contributed by atoms with Crippen LogP contribution in [0.4, 0.5) is 0 Å². The van der Waals surface area contributed by atoms with Gasteiger partial charge >= 0.3 is 0 Å². The molecular weight excluding hydrogens is 186 g/mol. The molecule has 0 saturated carbocycles. The molecule has 1 aliphatic rings. The van der Waals surface area contributed by atoms with Crippen LogP contribution in [0.2, 0.25) is 0 Å². The van der Waals surface area contributed by atoms with Gasteiger partial charge in [0, 0.05) is 12.1 Å². The first kappa shape index (κ1) is 10.2. The van der Waals surface area contributed by atoms with Crippen LogP contribution in [0.25, 0.3) is 5.57 Å². The van der Waals surface area contributed by atoms with Crippen LogP contribution in [0.5, 0.6) is 5.75 Å². The number of hydrogen-bond acceptors (Lipinski definition) is 2. The summed E-state index contributed by atoms with van der Waals surface area (Å²) >= 11 is 0. The maximum absolute atomic E-state index is 9.81. The summed E-state index contributed by atoms with van der Waals surface area (Å²) in [7, 11) is 4.11. The van der Waals surface area contributed by atoms with Crippen molar-refractivity contribution in [1.82, 2.24) is 4.90 Å². The first-order valence-electron chi connectivity index (χ1n) is 5.33. The van der Waals surface area contributed by atoms with Crippen molar-refractivity contribution in [3.05, 3.63) is 35.4 Å². The van der Waals surface area contributed by atoms with Gasteiger partial charge in [-0.15, -0.1) is 0 Å². The zero-order valence-corrected chi connectivity index (χ0v) is 9.33. The van der Waals surface area contributed by atoms with Gasteiger partial charge in [-0.25, -0.2) is 0 Å². The van der Waals surface area contributed by atoms with Crippen LogP contribution in [0.3, 0.4) is 0 Å². The van der Waals surface area contributed by atoms with Crippen molar-refractivity contribution in [1.29, 1.82) is 0 Å². The van der Waals surface area contributed by atoms with E-state index in [9.17, 15) is 5.11 Å². The fraction of sp³-hybridized carbons (Fsp3) is 0.385. The number of rotatable bonds is 2. The van der Waals surface area contributed by atoms with Crippen LogP contribution < -0.4 is 0 Å². The minimum atomic E-state index is 0.426. The van der Waals surface area contributed by atoms with Gasteiger partial charge in [0.15, 0.2) is 0 Å². The summed E-state index contributed by atoms with van der Waals surface area (Å²) in [4.78, 5) is 2.13. The number of phenolic OH excluding ortho intramolecular Hbond substituents is 1. The SMILES string of the molecule is CN(C)C/C=C1\CCc2cccc(O)c21. The van der Waals surface area contributed by atoms with Gasteiger partial charge in [-0.2, -0.15) is 0 Å². The Morgan fingerprint density at radius 1 is 1.33 bits per heavy atom. The minimum absolute atomic E-state index is 0.426. The van der Waals surface area contributed by atoms with Gasteiger partial charge in [-0.3, -0.25) is 0 Å². The zero-order valence-electron chi connectivity index (χ0n) is 9.33. The molecule has 1 aromatic carbocycles. The first-order valence-corrected chi connectivity index (χ1v) is 5.33. The smallest absolute Gasteiger partial charge is 0.123 e. The maximum Gasteiger partial charge on any atom is 0.123 e. The van der Waals surface area contributed by atoms with E-state index >= 15 is 0 Å². The number of hydrogen-bond donors (Lipinski definition) is 1. The molecule has 0 unspecified atom stereocenters. The lowest BCUT2D eigenvalue weighted by Crippen LogP contribution is -2.10. The van der Waals surface area contributed by atoms with Crippen molar-refractivity contribution in [3.8, 4) is 5.75 Å². The van der Waals surface area contributed by atoms with Gasteiger partial charge in [0.2, 0.25) is 0 Å². The fourth-order valence-corrected chi connectivity index (χ4v) is 2.06. The Kier molecular flexibility index (Phi) is 2.78. The van der Waals surface area contributed by atoms with Crippen molar-refractivity contribution < 1.29 is 5.11 Å². The van der Waals surface area contributed by atoms with E-state index in [-0.39, 0.29) is 0 Å². The molecule has 2 rings (SSSR count). The summed E-state index contributed by atoms with van der Waals surface area (Å²) in [5.41, 5.74) is 3.64. The van der Waals surface area contributed by atoms with E-state index in [4.69, 9.17) is 0 Å². The molecule has 0 radical (unpaired) electrons. The molecule has 80 valence electrons. The van der Waals surface area contributed by atoms with Crippen LogP contribution in [-0.2, 0) is 6.42 Å². The molecule has 0 saturated heterocycles. The first-order chi connectivity index (χ1) is 7.18. The molecule has 0 fully saturated rings. The zero-order chi connectivity index (χ0) is 10.8. The second-order valence-corrected chi connectivity index (χ2v) is 4.30. The molecule has 1 aromatic rings. The summed E-state index contributed by atoms with van der Waals surface area (Å²) < 4.78 is 0. The third-order valence-electron chi connectivity index (χ3n) is 2.82. The third kappa shape index (κ3) is 2.05. The van der Waals surface area contributed by atoms with E-state index in [0.29, 0.717) is 5.75 Å². The normalized spacial score (nSPS) is 17.4. The number of benzene rings is 1. The maximum atomic E-state index is 9.81. The lowest BCUT2D eigenvalue weighted by molar-refractivity contribution is 0.456. The molecule has 1 N–H and O–H groups in total. The molecule has 2 nitrogen and oxygen atoms in total. The standard InChI is InChI=1S/C13H17NO/c1-14(2)9-8-11-7-6-10-4-3-5-12(15)13(10)11/h3-5,8,15H,6-7,9H2,1-2H3/b11-8+. The second-order valence-electron chi connectivity index (χ2n) is 4.30. The number of aryl methyl sites for hydroxylation is 1. The highest BCUT2D eigenvalue weighted by atomic mass is 16.3. The molecule has 0 bridgehead atoms. The molecule has 2 heteroatoms. The summed E-state index contributed by atoms with van der Waals surface area (Å²) in [5, 5.41) is 9.81. The molecule has 0 spiro atoms. The van der Waals surface area contributed by atoms with E-state index in [1.165, 1.54) is 11.1 Å². The number of aromatic hydroxyl groups is 1. The van der Waals surface area contributed by atoms with Crippen molar-refractivity contribution in [3.63, 3.8) is 0 Å². The van der Waals surface area contributed by atoms with Gasteiger partial charge in [-0.05, 0) is 44.1 Å². The highest BCUT2D eigenvalue weighted by Crippen LogP contribution is 2.37. The van der Waals surface area contributed by atoms with Crippen LogP contribution in [-0.4, -0.2) is 30.6 Å². The molecule has 15 heavy (non-hydrogen) atoms. The average Bonchev–Trinajstić information content (AvgIpc) is 2.59. The van der Waals surface area contributed by atoms with Crippen molar-refractivity contribution in [2.75, 3.05) is 20.6 Å². The number of allylic oxidation sites excluding steroid dienone is 1. The molecule has 1 aliphatic carbocycles. The Balaban J connectivity index is 2.31. The Bertz CT molecular complexity index is 394. The van der Waals surface area contributed by atoms with Crippen molar-refractivity contribution in [2.45, 2.75) is 12.8 Å². The molecule has 0 heterocycles. The summed E-state index contributed by atoms with van der Waals surface area (Å²) in [5.74, 6) is 0.426. The van der Waals surface area contributed by atoms with Gasteiger partial charge in [0.05, 0.1) is 0 Å². The predicted octanol–water partition coefficient (Wildman–Crippen LogP) is 2.28. The number of nitrogens with zero attached hydrogens (tertiary/aromatic N) is 1. The number of likely N-dealkylation sites (N-methyl/N-ethyl adjacent to an activating group) is 1. The number of phenols is 1. The molecule has 0 amide bonds. The van der Waals surface area contributed by atoms with E-state index in [1.54, 1.807) is 6.07 Å². The van der Waals surface area contributed by atoms with Crippen LogP contribution >= 0.6 is 0 Å². The van der Waals surface area contributed by atoms with Crippen LogP contribution in [0.1, 0.15) is 17.5 Å². The quantitative estimate of drug-likeness (QED) is 0.797. The third-order valence-corrected chi connectivity index (χ3v) is 2.82. The average molecular weight is 203 g/mol. The highest BCUT2D eigenvalue weighted by molar-refractivity contribution is 5.76. The Morgan fingerprint density at radius 2 is 2.13 bits per heavy atom. The van der Waals surface area contributed by atoms with E-state index in [0.717, 1.165) is 24.9 Å².